The molecule has 1 fully saturated rings. The summed E-state index contributed by atoms with van der Waals surface area (Å²) in [5.41, 5.74) is 1.74. The van der Waals surface area contributed by atoms with Crippen molar-refractivity contribution in [2.75, 3.05) is 46.4 Å². The first-order valence-electron chi connectivity index (χ1n) is 9.28. The van der Waals surface area contributed by atoms with E-state index in [2.05, 4.69) is 9.88 Å². The maximum Gasteiger partial charge on any atom is 0.253 e. The molecule has 1 saturated heterocycles. The molecule has 0 bridgehead atoms. The van der Waals surface area contributed by atoms with Crippen LogP contribution in [0.4, 0.5) is 0 Å². The molecular weight excluding hydrogens is 328 g/mol. The van der Waals surface area contributed by atoms with Crippen LogP contribution in [0, 0.1) is 0 Å². The molecule has 0 aliphatic carbocycles. The van der Waals surface area contributed by atoms with Crippen molar-refractivity contribution in [3.8, 4) is 11.4 Å². The topological polar surface area (TPSA) is 50.6 Å². The maximum absolute atomic E-state index is 12.6. The van der Waals surface area contributed by atoms with Crippen LogP contribution in [-0.4, -0.2) is 71.7 Å². The molecule has 0 N–H and O–H groups in total. The highest BCUT2D eigenvalue weighted by molar-refractivity contribution is 5.94. The summed E-state index contributed by atoms with van der Waals surface area (Å²) < 4.78 is 7.33. The van der Waals surface area contributed by atoms with Crippen molar-refractivity contribution in [1.29, 1.82) is 0 Å². The molecule has 1 aromatic carbocycles. The fourth-order valence-electron chi connectivity index (χ4n) is 3.24. The third kappa shape index (κ3) is 4.71. The predicted molar refractivity (Wildman–Crippen MR) is 102 cm³/mol. The Morgan fingerprint density at radius 1 is 1.19 bits per heavy atom. The summed E-state index contributed by atoms with van der Waals surface area (Å²) in [6.07, 6.45) is 5.82. The predicted octanol–water partition coefficient (Wildman–Crippen LogP) is 2.27. The molecule has 2 aromatic rings. The minimum atomic E-state index is 0.0720. The zero-order valence-corrected chi connectivity index (χ0v) is 15.7. The average Bonchev–Trinajstić information content (AvgIpc) is 3.11. The molecule has 0 radical (unpaired) electrons. The van der Waals surface area contributed by atoms with E-state index >= 15 is 0 Å². The molecule has 26 heavy (non-hydrogen) atoms. The van der Waals surface area contributed by atoms with Crippen LogP contribution in [0.3, 0.4) is 0 Å². The van der Waals surface area contributed by atoms with Crippen molar-refractivity contribution in [2.24, 2.45) is 7.05 Å². The summed E-state index contributed by atoms with van der Waals surface area (Å²) in [6.45, 7) is 5.60. The molecule has 1 aromatic heterocycles. The number of aromatic nitrogens is 2. The molecule has 140 valence electrons. The lowest BCUT2D eigenvalue weighted by molar-refractivity contribution is 0.0369. The molecule has 1 aliphatic rings. The highest BCUT2D eigenvalue weighted by atomic mass is 16.5. The van der Waals surface area contributed by atoms with Crippen LogP contribution in [0.5, 0.6) is 0 Å². The fourth-order valence-corrected chi connectivity index (χ4v) is 3.24. The number of amides is 1. The van der Waals surface area contributed by atoms with Gasteiger partial charge in [-0.25, -0.2) is 4.98 Å². The molecule has 3 rings (SSSR count). The van der Waals surface area contributed by atoms with E-state index in [1.54, 1.807) is 6.20 Å². The second kappa shape index (κ2) is 8.96. The van der Waals surface area contributed by atoms with Crippen molar-refractivity contribution in [2.45, 2.75) is 12.8 Å². The minimum Gasteiger partial charge on any atom is -0.379 e. The molecule has 6 heteroatoms. The van der Waals surface area contributed by atoms with Crippen molar-refractivity contribution in [1.82, 2.24) is 19.4 Å². The average molecular weight is 356 g/mol. The number of unbranched alkanes of at least 4 members (excludes halogenated alkanes) is 1. The van der Waals surface area contributed by atoms with Gasteiger partial charge in [0.05, 0.1) is 13.2 Å². The van der Waals surface area contributed by atoms with Gasteiger partial charge in [0.1, 0.15) is 5.82 Å². The van der Waals surface area contributed by atoms with E-state index in [0.717, 1.165) is 69.2 Å². The van der Waals surface area contributed by atoms with E-state index < -0.39 is 0 Å². The summed E-state index contributed by atoms with van der Waals surface area (Å²) in [5, 5.41) is 0. The van der Waals surface area contributed by atoms with Gasteiger partial charge in [0.25, 0.3) is 5.91 Å². The van der Waals surface area contributed by atoms with Gasteiger partial charge in [0.2, 0.25) is 0 Å². The number of carbonyl (C=O) groups excluding carboxylic acids is 1. The van der Waals surface area contributed by atoms with E-state index in [4.69, 9.17) is 4.74 Å². The summed E-state index contributed by atoms with van der Waals surface area (Å²) in [7, 11) is 3.84. The highest BCUT2D eigenvalue weighted by Crippen LogP contribution is 2.18. The molecule has 0 atom stereocenters. The number of aryl methyl sites for hydroxylation is 1. The van der Waals surface area contributed by atoms with Crippen LogP contribution >= 0.6 is 0 Å². The largest absolute Gasteiger partial charge is 0.379 e. The van der Waals surface area contributed by atoms with Gasteiger partial charge in [-0.3, -0.25) is 9.69 Å². The van der Waals surface area contributed by atoms with Crippen LogP contribution in [0.25, 0.3) is 11.4 Å². The number of hydrogen-bond donors (Lipinski definition) is 0. The number of imidazole rings is 1. The Hall–Kier alpha value is -2.18. The number of nitrogens with zero attached hydrogens (tertiary/aromatic N) is 4. The second-order valence-corrected chi connectivity index (χ2v) is 6.83. The molecule has 1 aliphatic heterocycles. The van der Waals surface area contributed by atoms with Crippen LogP contribution in [0.1, 0.15) is 23.2 Å². The number of benzene rings is 1. The van der Waals surface area contributed by atoms with Crippen molar-refractivity contribution >= 4 is 5.91 Å². The van der Waals surface area contributed by atoms with Crippen LogP contribution in [0.15, 0.2) is 36.7 Å². The fraction of sp³-hybridized carbons (Fsp3) is 0.500. The zero-order chi connectivity index (χ0) is 18.4. The molecule has 6 nitrogen and oxygen atoms in total. The maximum atomic E-state index is 12.6. The van der Waals surface area contributed by atoms with Gasteiger partial charge in [-0.1, -0.05) is 12.1 Å². The van der Waals surface area contributed by atoms with E-state index in [1.807, 2.05) is 54.0 Å². The van der Waals surface area contributed by atoms with Gasteiger partial charge in [-0.15, -0.1) is 0 Å². The SMILES string of the molecule is CN(CCCCN1CCOCC1)C(=O)c1ccc(-c2nccn2C)cc1. The number of rotatable bonds is 7. The number of carbonyl (C=O) groups is 1. The Labute approximate surface area is 155 Å². The molecule has 0 unspecified atom stereocenters. The van der Waals surface area contributed by atoms with Crippen molar-refractivity contribution in [3.63, 3.8) is 0 Å². The third-order valence-corrected chi connectivity index (χ3v) is 4.88. The van der Waals surface area contributed by atoms with Crippen LogP contribution in [-0.2, 0) is 11.8 Å². The monoisotopic (exact) mass is 356 g/mol. The molecular formula is C20H28N4O2. The van der Waals surface area contributed by atoms with Gasteiger partial charge in [-0.05, 0) is 31.5 Å². The van der Waals surface area contributed by atoms with Crippen LogP contribution < -0.4 is 0 Å². The normalized spacial score (nSPS) is 15.2. The molecule has 2 heterocycles. The van der Waals surface area contributed by atoms with Crippen molar-refractivity contribution in [3.05, 3.63) is 42.2 Å². The molecule has 0 saturated carbocycles. The first-order valence-corrected chi connectivity index (χ1v) is 9.28. The Morgan fingerprint density at radius 2 is 1.92 bits per heavy atom. The Balaban J connectivity index is 1.46. The molecule has 0 spiro atoms. The van der Waals surface area contributed by atoms with Gasteiger partial charge in [0, 0.05) is 57.3 Å². The lowest BCUT2D eigenvalue weighted by Crippen LogP contribution is -2.37. The molecule has 1 amide bonds. The number of hydrogen-bond acceptors (Lipinski definition) is 4. The zero-order valence-electron chi connectivity index (χ0n) is 15.7. The lowest BCUT2D eigenvalue weighted by atomic mass is 10.1. The van der Waals surface area contributed by atoms with Gasteiger partial charge in [0.15, 0.2) is 0 Å². The van der Waals surface area contributed by atoms with Crippen molar-refractivity contribution < 1.29 is 9.53 Å². The summed E-state index contributed by atoms with van der Waals surface area (Å²) >= 11 is 0. The standard InChI is InChI=1S/C20H28N4O2/c1-22-12-9-21-19(22)17-5-7-18(8-6-17)20(25)23(2)10-3-4-11-24-13-15-26-16-14-24/h5-9,12H,3-4,10-11,13-16H2,1-2H3. The highest BCUT2D eigenvalue weighted by Gasteiger charge is 2.13. The summed E-state index contributed by atoms with van der Waals surface area (Å²) in [5.74, 6) is 0.975. The quantitative estimate of drug-likeness (QED) is 0.714. The van der Waals surface area contributed by atoms with E-state index in [0.29, 0.717) is 0 Å². The lowest BCUT2D eigenvalue weighted by Gasteiger charge is -2.26. The Bertz CT molecular complexity index is 705. The smallest absolute Gasteiger partial charge is 0.253 e. The summed E-state index contributed by atoms with van der Waals surface area (Å²) in [4.78, 5) is 21.2. The number of morpholine rings is 1. The third-order valence-electron chi connectivity index (χ3n) is 4.88. The van der Waals surface area contributed by atoms with Gasteiger partial charge in [-0.2, -0.15) is 0 Å². The number of ether oxygens (including phenoxy) is 1. The van der Waals surface area contributed by atoms with Gasteiger partial charge < -0.3 is 14.2 Å². The van der Waals surface area contributed by atoms with E-state index in [-0.39, 0.29) is 5.91 Å². The van der Waals surface area contributed by atoms with E-state index in [1.165, 1.54) is 0 Å². The van der Waals surface area contributed by atoms with Crippen LogP contribution in [0.2, 0.25) is 0 Å². The minimum absolute atomic E-state index is 0.0720. The van der Waals surface area contributed by atoms with Gasteiger partial charge >= 0.3 is 0 Å². The second-order valence-electron chi connectivity index (χ2n) is 6.83. The first kappa shape index (κ1) is 18.6. The Morgan fingerprint density at radius 3 is 2.58 bits per heavy atom. The van der Waals surface area contributed by atoms with E-state index in [9.17, 15) is 4.79 Å². The Kier molecular flexibility index (Phi) is 6.41. The first-order chi connectivity index (χ1) is 12.6. The summed E-state index contributed by atoms with van der Waals surface area (Å²) in [6, 6.07) is 7.69.